The number of carbonyl (C=O) groups excluding carboxylic acids is 2. The Kier molecular flexibility index (Phi) is 5.15. The van der Waals surface area contributed by atoms with Crippen LogP contribution in [-0.4, -0.2) is 25.6 Å². The molecule has 0 aliphatic carbocycles. The summed E-state index contributed by atoms with van der Waals surface area (Å²) < 4.78 is 32.0. The van der Waals surface area contributed by atoms with E-state index in [2.05, 4.69) is 10.0 Å². The molecule has 1 amide bonds. The molecule has 0 aliphatic rings. The zero-order chi connectivity index (χ0) is 18.8. The first-order valence-corrected chi connectivity index (χ1v) is 9.02. The van der Waals surface area contributed by atoms with Gasteiger partial charge in [-0.25, -0.2) is 13.1 Å². The van der Waals surface area contributed by atoms with Gasteiger partial charge in [-0.05, 0) is 52.0 Å². The molecule has 0 aliphatic heterocycles. The molecule has 0 spiro atoms. The minimum Gasteiger partial charge on any atom is -0.438 e. The van der Waals surface area contributed by atoms with Crippen LogP contribution in [0.1, 0.15) is 48.6 Å². The van der Waals surface area contributed by atoms with Crippen LogP contribution in [0.25, 0.3) is 0 Å². The van der Waals surface area contributed by atoms with Gasteiger partial charge in [0.05, 0.1) is 0 Å². The summed E-state index contributed by atoms with van der Waals surface area (Å²) in [6.07, 6.45) is 0. The second kappa shape index (κ2) is 6.81. The number of nitrogens with one attached hydrogen (secondary N) is 2. The Labute approximate surface area is 146 Å². The molecule has 2 rings (SSSR count). The average Bonchev–Trinajstić information content (AvgIpc) is 2.95. The summed E-state index contributed by atoms with van der Waals surface area (Å²) in [4.78, 5) is 23.6. The normalized spacial score (nSPS) is 12.0. The van der Waals surface area contributed by atoms with Crippen LogP contribution in [0.5, 0.6) is 0 Å². The Hall–Kier alpha value is -2.45. The number of carbonyl (C=O) groups is 2. The highest BCUT2D eigenvalue weighted by molar-refractivity contribution is 7.89. The van der Waals surface area contributed by atoms with Crippen molar-refractivity contribution < 1.29 is 22.4 Å². The maximum Gasteiger partial charge on any atom is 0.291 e. The summed E-state index contributed by atoms with van der Waals surface area (Å²) in [6.45, 7) is 6.52. The molecule has 25 heavy (non-hydrogen) atoms. The molecule has 2 N–H and O–H groups in total. The van der Waals surface area contributed by atoms with Gasteiger partial charge in [0.25, 0.3) is 15.9 Å². The van der Waals surface area contributed by atoms with Gasteiger partial charge >= 0.3 is 0 Å². The van der Waals surface area contributed by atoms with E-state index in [4.69, 9.17) is 4.42 Å². The molecule has 134 valence electrons. The van der Waals surface area contributed by atoms with Crippen LogP contribution in [-0.2, 0) is 10.0 Å². The van der Waals surface area contributed by atoms with E-state index in [-0.39, 0.29) is 16.6 Å². The van der Waals surface area contributed by atoms with Gasteiger partial charge < -0.3 is 9.73 Å². The molecule has 2 aromatic rings. The number of sulfonamides is 1. The highest BCUT2D eigenvalue weighted by Crippen LogP contribution is 2.18. The Balaban J connectivity index is 2.18. The minimum absolute atomic E-state index is 0.129. The van der Waals surface area contributed by atoms with Crippen LogP contribution < -0.4 is 10.0 Å². The van der Waals surface area contributed by atoms with Gasteiger partial charge in [0.2, 0.25) is 5.09 Å². The van der Waals surface area contributed by atoms with E-state index in [9.17, 15) is 18.0 Å². The molecule has 1 heterocycles. The van der Waals surface area contributed by atoms with Crippen molar-refractivity contribution in [2.24, 2.45) is 0 Å². The summed E-state index contributed by atoms with van der Waals surface area (Å²) >= 11 is 0. The lowest BCUT2D eigenvalue weighted by molar-refractivity contribution is 0.0987. The highest BCUT2D eigenvalue weighted by atomic mass is 32.2. The van der Waals surface area contributed by atoms with Gasteiger partial charge in [0.15, 0.2) is 11.5 Å². The quantitative estimate of drug-likeness (QED) is 0.794. The monoisotopic (exact) mass is 364 g/mol. The van der Waals surface area contributed by atoms with E-state index in [1.165, 1.54) is 25.1 Å². The minimum atomic E-state index is -3.86. The first kappa shape index (κ1) is 18.9. The molecule has 0 saturated carbocycles. The fraction of sp³-hybridized carbons (Fsp3) is 0.294. The number of anilines is 1. The van der Waals surface area contributed by atoms with Gasteiger partial charge in [-0.3, -0.25) is 9.59 Å². The summed E-state index contributed by atoms with van der Waals surface area (Å²) in [5.74, 6) is -0.892. The Bertz CT molecular complexity index is 907. The molecule has 8 heteroatoms. The molecule has 1 aromatic carbocycles. The number of rotatable bonds is 5. The van der Waals surface area contributed by atoms with Crippen molar-refractivity contribution in [3.63, 3.8) is 0 Å². The standard InChI is InChI=1S/C17H20N2O5S/c1-11(20)12-6-5-7-13(10-12)18-16(21)14-8-9-15(24-14)25(22,23)19-17(2,3)4/h5-10,19H,1-4H3,(H,18,21). The van der Waals surface area contributed by atoms with Crippen LogP contribution in [0, 0.1) is 0 Å². The van der Waals surface area contributed by atoms with Crippen LogP contribution >= 0.6 is 0 Å². The fourth-order valence-corrected chi connectivity index (χ4v) is 3.40. The molecular weight excluding hydrogens is 344 g/mol. The van der Waals surface area contributed by atoms with E-state index in [1.54, 1.807) is 39.0 Å². The SMILES string of the molecule is CC(=O)c1cccc(NC(=O)c2ccc(S(=O)(=O)NC(C)(C)C)o2)c1. The summed E-state index contributed by atoms with van der Waals surface area (Å²) in [6, 6.07) is 8.91. The summed E-state index contributed by atoms with van der Waals surface area (Å²) in [5.41, 5.74) is 0.183. The third-order valence-corrected chi connectivity index (χ3v) is 4.67. The van der Waals surface area contributed by atoms with Crippen molar-refractivity contribution in [3.05, 3.63) is 47.7 Å². The lowest BCUT2D eigenvalue weighted by Gasteiger charge is -2.18. The number of hydrogen-bond acceptors (Lipinski definition) is 5. The van der Waals surface area contributed by atoms with Gasteiger partial charge in [-0.2, -0.15) is 0 Å². The average molecular weight is 364 g/mol. The van der Waals surface area contributed by atoms with Crippen molar-refractivity contribution >= 4 is 27.4 Å². The molecule has 0 bridgehead atoms. The lowest BCUT2D eigenvalue weighted by atomic mass is 10.1. The smallest absolute Gasteiger partial charge is 0.291 e. The number of Topliss-reactive ketones (excluding diaryl/α,β-unsaturated/α-hetero) is 1. The van der Waals surface area contributed by atoms with Crippen molar-refractivity contribution in [3.8, 4) is 0 Å². The fourth-order valence-electron chi connectivity index (χ4n) is 2.05. The van der Waals surface area contributed by atoms with Gasteiger partial charge in [-0.15, -0.1) is 0 Å². The Morgan fingerprint density at radius 1 is 1.08 bits per heavy atom. The summed E-state index contributed by atoms with van der Waals surface area (Å²) in [7, 11) is -3.86. The van der Waals surface area contributed by atoms with Gasteiger partial charge in [0, 0.05) is 16.8 Å². The molecular formula is C17H20N2O5S. The topological polar surface area (TPSA) is 105 Å². The van der Waals surface area contributed by atoms with Crippen LogP contribution in [0.3, 0.4) is 0 Å². The number of furan rings is 1. The maximum absolute atomic E-state index is 12.2. The molecule has 0 radical (unpaired) electrons. The van der Waals surface area contributed by atoms with Crippen molar-refractivity contribution in [2.75, 3.05) is 5.32 Å². The van der Waals surface area contributed by atoms with E-state index in [0.717, 1.165) is 0 Å². The summed E-state index contributed by atoms with van der Waals surface area (Å²) in [5, 5.41) is 2.22. The Morgan fingerprint density at radius 2 is 1.76 bits per heavy atom. The van der Waals surface area contributed by atoms with E-state index in [1.807, 2.05) is 0 Å². The highest BCUT2D eigenvalue weighted by Gasteiger charge is 2.26. The molecule has 7 nitrogen and oxygen atoms in total. The maximum atomic E-state index is 12.2. The third kappa shape index (κ3) is 5.01. The van der Waals surface area contributed by atoms with E-state index < -0.39 is 21.5 Å². The predicted octanol–water partition coefficient (Wildman–Crippen LogP) is 2.81. The van der Waals surface area contributed by atoms with Crippen molar-refractivity contribution in [2.45, 2.75) is 38.3 Å². The molecule has 0 unspecified atom stereocenters. The number of benzene rings is 1. The zero-order valence-corrected chi connectivity index (χ0v) is 15.2. The van der Waals surface area contributed by atoms with Crippen LogP contribution in [0.4, 0.5) is 5.69 Å². The largest absolute Gasteiger partial charge is 0.438 e. The predicted molar refractivity (Wildman–Crippen MR) is 93.2 cm³/mol. The van der Waals surface area contributed by atoms with Crippen molar-refractivity contribution in [1.29, 1.82) is 0 Å². The number of hydrogen-bond donors (Lipinski definition) is 2. The first-order chi connectivity index (χ1) is 11.5. The van der Waals surface area contributed by atoms with E-state index in [0.29, 0.717) is 11.3 Å². The van der Waals surface area contributed by atoms with Crippen molar-refractivity contribution in [1.82, 2.24) is 4.72 Å². The Morgan fingerprint density at radius 3 is 2.36 bits per heavy atom. The molecule has 0 fully saturated rings. The molecule has 0 atom stereocenters. The first-order valence-electron chi connectivity index (χ1n) is 7.54. The van der Waals surface area contributed by atoms with E-state index >= 15 is 0 Å². The van der Waals surface area contributed by atoms with Gasteiger partial charge in [0.1, 0.15) is 0 Å². The zero-order valence-electron chi connectivity index (χ0n) is 14.4. The van der Waals surface area contributed by atoms with Gasteiger partial charge in [-0.1, -0.05) is 12.1 Å². The number of amides is 1. The van der Waals surface area contributed by atoms with Crippen LogP contribution in [0.15, 0.2) is 45.9 Å². The number of ketones is 1. The van der Waals surface area contributed by atoms with Crippen LogP contribution in [0.2, 0.25) is 0 Å². The second-order valence-corrected chi connectivity index (χ2v) is 8.18. The third-order valence-electron chi connectivity index (χ3n) is 3.04. The molecule has 0 saturated heterocycles. The second-order valence-electron chi connectivity index (χ2n) is 6.57. The lowest BCUT2D eigenvalue weighted by Crippen LogP contribution is -2.40. The molecule has 1 aromatic heterocycles.